The van der Waals surface area contributed by atoms with E-state index < -0.39 is 7.60 Å². The second kappa shape index (κ2) is 5.11. The molecule has 96 valence electrons. The summed E-state index contributed by atoms with van der Waals surface area (Å²) in [5.41, 5.74) is 0.545. The zero-order valence-corrected chi connectivity index (χ0v) is 10.9. The number of hydrogen-bond acceptors (Lipinski definition) is 2. The molecular formula is C13H15O4P. The Bertz CT molecular complexity index is 603. The van der Waals surface area contributed by atoms with E-state index in [2.05, 4.69) is 0 Å². The van der Waals surface area contributed by atoms with Crippen LogP contribution in [0.2, 0.25) is 0 Å². The zero-order valence-electron chi connectivity index (χ0n) is 10.0. The van der Waals surface area contributed by atoms with Gasteiger partial charge in [0.15, 0.2) is 0 Å². The average molecular weight is 266 g/mol. The Balaban J connectivity index is 2.59. The van der Waals surface area contributed by atoms with E-state index in [1.807, 2.05) is 37.3 Å². The molecule has 0 atom stereocenters. The van der Waals surface area contributed by atoms with Crippen molar-refractivity contribution in [2.75, 3.05) is 6.61 Å². The monoisotopic (exact) mass is 266 g/mol. The van der Waals surface area contributed by atoms with Crippen LogP contribution >= 0.6 is 7.60 Å². The Kier molecular flexibility index (Phi) is 3.71. The molecule has 0 saturated carbocycles. The third kappa shape index (κ3) is 2.91. The molecule has 0 bridgehead atoms. The van der Waals surface area contributed by atoms with Crippen LogP contribution in [0.4, 0.5) is 0 Å². The topological polar surface area (TPSA) is 66.8 Å². The highest BCUT2D eigenvalue weighted by Crippen LogP contribution is 2.43. The van der Waals surface area contributed by atoms with Crippen LogP contribution in [0.15, 0.2) is 36.4 Å². The fourth-order valence-corrected chi connectivity index (χ4v) is 2.64. The number of benzene rings is 2. The van der Waals surface area contributed by atoms with Gasteiger partial charge in [0, 0.05) is 10.9 Å². The highest BCUT2D eigenvalue weighted by molar-refractivity contribution is 7.50. The van der Waals surface area contributed by atoms with Crippen molar-refractivity contribution in [2.24, 2.45) is 0 Å². The Hall–Kier alpha value is -1.35. The number of rotatable bonds is 4. The van der Waals surface area contributed by atoms with Crippen molar-refractivity contribution < 1.29 is 19.1 Å². The van der Waals surface area contributed by atoms with Crippen LogP contribution in [0, 0.1) is 0 Å². The van der Waals surface area contributed by atoms with Crippen LogP contribution in [-0.2, 0) is 10.7 Å². The van der Waals surface area contributed by atoms with Gasteiger partial charge in [-0.25, -0.2) is 0 Å². The standard InChI is InChI=1S/C13H15O4P/c1-2-17-13-11(9-18(14,15)16)8-7-10-5-3-4-6-12(10)13/h3-8H,2,9H2,1H3,(H2,14,15,16). The normalized spacial score (nSPS) is 11.7. The first-order chi connectivity index (χ1) is 8.51. The molecule has 5 heteroatoms. The SMILES string of the molecule is CCOc1c(CP(=O)(O)O)ccc2ccccc12. The van der Waals surface area contributed by atoms with E-state index in [0.29, 0.717) is 17.9 Å². The Labute approximate surface area is 105 Å². The lowest BCUT2D eigenvalue weighted by atomic mass is 10.1. The van der Waals surface area contributed by atoms with Crippen molar-refractivity contribution in [1.29, 1.82) is 0 Å². The van der Waals surface area contributed by atoms with Gasteiger partial charge in [0.05, 0.1) is 12.8 Å². The van der Waals surface area contributed by atoms with Crippen LogP contribution < -0.4 is 4.74 Å². The van der Waals surface area contributed by atoms with Gasteiger partial charge in [-0.05, 0) is 12.3 Å². The molecule has 0 aliphatic rings. The molecule has 0 heterocycles. The van der Waals surface area contributed by atoms with E-state index >= 15 is 0 Å². The summed E-state index contributed by atoms with van der Waals surface area (Å²) in [7, 11) is -4.10. The molecule has 0 aliphatic heterocycles. The summed E-state index contributed by atoms with van der Waals surface area (Å²) in [5.74, 6) is 0.568. The van der Waals surface area contributed by atoms with Gasteiger partial charge in [-0.3, -0.25) is 4.57 Å². The summed E-state index contributed by atoms with van der Waals surface area (Å²) in [6, 6.07) is 11.2. The Morgan fingerprint density at radius 3 is 2.56 bits per heavy atom. The average Bonchev–Trinajstić information content (AvgIpc) is 2.31. The predicted octanol–water partition coefficient (Wildman–Crippen LogP) is 2.92. The lowest BCUT2D eigenvalue weighted by molar-refractivity contribution is 0.338. The van der Waals surface area contributed by atoms with Gasteiger partial charge in [-0.1, -0.05) is 36.4 Å². The number of fused-ring (bicyclic) bond motifs is 1. The minimum Gasteiger partial charge on any atom is -0.493 e. The molecule has 0 radical (unpaired) electrons. The molecule has 2 N–H and O–H groups in total. The van der Waals surface area contributed by atoms with Gasteiger partial charge in [-0.15, -0.1) is 0 Å². The number of ether oxygens (including phenoxy) is 1. The molecule has 0 saturated heterocycles. The van der Waals surface area contributed by atoms with E-state index in [1.165, 1.54) is 0 Å². The minimum atomic E-state index is -4.10. The summed E-state index contributed by atoms with van der Waals surface area (Å²) in [5, 5.41) is 1.88. The van der Waals surface area contributed by atoms with Crippen LogP contribution in [0.25, 0.3) is 10.8 Å². The minimum absolute atomic E-state index is 0.298. The highest BCUT2D eigenvalue weighted by atomic mass is 31.2. The van der Waals surface area contributed by atoms with E-state index in [-0.39, 0.29) is 6.16 Å². The lowest BCUT2D eigenvalue weighted by Gasteiger charge is -2.14. The predicted molar refractivity (Wildman–Crippen MR) is 70.9 cm³/mol. The maximum Gasteiger partial charge on any atom is 0.330 e. The van der Waals surface area contributed by atoms with Gasteiger partial charge < -0.3 is 14.5 Å². The van der Waals surface area contributed by atoms with E-state index in [9.17, 15) is 4.57 Å². The molecule has 2 aromatic rings. The van der Waals surface area contributed by atoms with Crippen LogP contribution in [-0.4, -0.2) is 16.4 Å². The van der Waals surface area contributed by atoms with Crippen LogP contribution in [0.3, 0.4) is 0 Å². The summed E-state index contributed by atoms with van der Waals surface area (Å²) in [6.07, 6.45) is -0.298. The molecule has 0 amide bonds. The largest absolute Gasteiger partial charge is 0.493 e. The molecule has 0 aromatic heterocycles. The zero-order chi connectivity index (χ0) is 13.2. The molecule has 2 rings (SSSR count). The van der Waals surface area contributed by atoms with Gasteiger partial charge in [-0.2, -0.15) is 0 Å². The van der Waals surface area contributed by atoms with Crippen molar-refractivity contribution >= 4 is 18.4 Å². The van der Waals surface area contributed by atoms with E-state index in [0.717, 1.165) is 10.8 Å². The third-order valence-corrected chi connectivity index (χ3v) is 3.38. The molecule has 0 unspecified atom stereocenters. The fourth-order valence-electron chi connectivity index (χ4n) is 1.95. The molecule has 0 spiro atoms. The summed E-state index contributed by atoms with van der Waals surface area (Å²) < 4.78 is 16.7. The number of hydrogen-bond donors (Lipinski definition) is 2. The Morgan fingerprint density at radius 2 is 1.89 bits per heavy atom. The van der Waals surface area contributed by atoms with Gasteiger partial charge in [0.1, 0.15) is 5.75 Å². The van der Waals surface area contributed by atoms with E-state index in [1.54, 1.807) is 6.07 Å². The third-order valence-electron chi connectivity index (χ3n) is 2.63. The fraction of sp³-hybridized carbons (Fsp3) is 0.231. The van der Waals surface area contributed by atoms with Crippen molar-refractivity contribution in [3.05, 3.63) is 42.0 Å². The van der Waals surface area contributed by atoms with Crippen molar-refractivity contribution in [2.45, 2.75) is 13.1 Å². The maximum atomic E-state index is 11.1. The van der Waals surface area contributed by atoms with Crippen LogP contribution in [0.1, 0.15) is 12.5 Å². The van der Waals surface area contributed by atoms with Gasteiger partial charge in [0.2, 0.25) is 0 Å². The smallest absolute Gasteiger partial charge is 0.330 e. The molecule has 0 fully saturated rings. The summed E-state index contributed by atoms with van der Waals surface area (Å²) in [4.78, 5) is 18.2. The van der Waals surface area contributed by atoms with Gasteiger partial charge in [0.25, 0.3) is 0 Å². The first-order valence-corrected chi connectivity index (χ1v) is 7.49. The first-order valence-electron chi connectivity index (χ1n) is 5.69. The van der Waals surface area contributed by atoms with Crippen molar-refractivity contribution in [1.82, 2.24) is 0 Å². The maximum absolute atomic E-state index is 11.1. The van der Waals surface area contributed by atoms with Crippen molar-refractivity contribution in [3.8, 4) is 5.75 Å². The summed E-state index contributed by atoms with van der Waals surface area (Å²) in [6.45, 7) is 2.31. The second-order valence-corrected chi connectivity index (χ2v) is 5.68. The Morgan fingerprint density at radius 1 is 1.17 bits per heavy atom. The van der Waals surface area contributed by atoms with E-state index in [4.69, 9.17) is 14.5 Å². The summed E-state index contributed by atoms with van der Waals surface area (Å²) >= 11 is 0. The highest BCUT2D eigenvalue weighted by Gasteiger charge is 2.18. The van der Waals surface area contributed by atoms with Crippen LogP contribution in [0.5, 0.6) is 5.75 Å². The second-order valence-electron chi connectivity index (χ2n) is 4.03. The molecule has 18 heavy (non-hydrogen) atoms. The molecule has 2 aromatic carbocycles. The van der Waals surface area contributed by atoms with Crippen molar-refractivity contribution in [3.63, 3.8) is 0 Å². The lowest BCUT2D eigenvalue weighted by Crippen LogP contribution is -1.98. The quantitative estimate of drug-likeness (QED) is 0.835. The molecule has 4 nitrogen and oxygen atoms in total. The molecular weight excluding hydrogens is 251 g/mol. The first kappa shape index (κ1) is 13.1. The molecule has 0 aliphatic carbocycles. The van der Waals surface area contributed by atoms with Gasteiger partial charge >= 0.3 is 7.60 Å².